The average Bonchev–Trinajstić information content (AvgIpc) is 2.17. The number of carbonyl (C=O) groups excluding carboxylic acids is 1. The van der Waals surface area contributed by atoms with Crippen LogP contribution in [-0.4, -0.2) is 6.29 Å². The van der Waals surface area contributed by atoms with Crippen LogP contribution in [-0.2, 0) is 17.6 Å². The predicted octanol–water partition coefficient (Wildman–Crippen LogP) is 3.26. The highest BCUT2D eigenvalue weighted by Gasteiger charge is 2.03. The van der Waals surface area contributed by atoms with Gasteiger partial charge >= 0.3 is 0 Å². The van der Waals surface area contributed by atoms with Crippen molar-refractivity contribution in [3.8, 4) is 0 Å². The lowest BCUT2D eigenvalue weighted by Gasteiger charge is -2.08. The fourth-order valence-electron chi connectivity index (χ4n) is 1.77. The number of aldehydes is 1. The Morgan fingerprint density at radius 2 is 1.73 bits per heavy atom. The fraction of sp³-hybridized carbons (Fsp3) is 0.500. The molecule has 0 aliphatic carbocycles. The summed E-state index contributed by atoms with van der Waals surface area (Å²) in [5, 5.41) is 0. The van der Waals surface area contributed by atoms with Gasteiger partial charge in [0.2, 0.25) is 0 Å². The van der Waals surface area contributed by atoms with Gasteiger partial charge in [-0.2, -0.15) is 0 Å². The van der Waals surface area contributed by atoms with Crippen molar-refractivity contribution in [3.63, 3.8) is 0 Å². The summed E-state index contributed by atoms with van der Waals surface area (Å²) in [7, 11) is 0. The molecule has 1 aromatic carbocycles. The summed E-state index contributed by atoms with van der Waals surface area (Å²) < 4.78 is 0. The molecule has 0 radical (unpaired) electrons. The van der Waals surface area contributed by atoms with Gasteiger partial charge in [0.05, 0.1) is 0 Å². The Bertz CT molecular complexity index is 315. The highest BCUT2D eigenvalue weighted by atomic mass is 16.1. The molecule has 0 saturated carbocycles. The van der Waals surface area contributed by atoms with E-state index in [1.165, 1.54) is 11.1 Å². The van der Waals surface area contributed by atoms with Crippen molar-refractivity contribution in [1.29, 1.82) is 0 Å². The summed E-state index contributed by atoms with van der Waals surface area (Å²) >= 11 is 0. The second-order valence-electron chi connectivity index (χ2n) is 4.74. The third kappa shape index (κ3) is 4.28. The molecule has 0 N–H and O–H groups in total. The van der Waals surface area contributed by atoms with Gasteiger partial charge < -0.3 is 4.79 Å². The molecule has 0 heterocycles. The molecular weight excluding hydrogens is 184 g/mol. The molecule has 0 aliphatic heterocycles. The van der Waals surface area contributed by atoms with E-state index in [0.29, 0.717) is 5.92 Å². The van der Waals surface area contributed by atoms with E-state index >= 15 is 0 Å². The molecule has 1 unspecified atom stereocenters. The van der Waals surface area contributed by atoms with Crippen molar-refractivity contribution >= 4 is 6.29 Å². The molecule has 0 fully saturated rings. The Hall–Kier alpha value is -1.11. The van der Waals surface area contributed by atoms with Crippen LogP contribution in [0.3, 0.4) is 0 Å². The van der Waals surface area contributed by atoms with Crippen LogP contribution in [0.15, 0.2) is 24.3 Å². The van der Waals surface area contributed by atoms with Crippen LogP contribution in [0.25, 0.3) is 0 Å². The molecule has 0 amide bonds. The topological polar surface area (TPSA) is 17.1 Å². The largest absolute Gasteiger partial charge is 0.303 e. The minimum absolute atomic E-state index is 0.124. The van der Waals surface area contributed by atoms with Crippen LogP contribution in [0.2, 0.25) is 0 Å². The Balaban J connectivity index is 2.69. The Kier molecular flexibility index (Phi) is 4.54. The fourth-order valence-corrected chi connectivity index (χ4v) is 1.77. The first kappa shape index (κ1) is 12.0. The zero-order valence-corrected chi connectivity index (χ0v) is 9.86. The van der Waals surface area contributed by atoms with Crippen LogP contribution < -0.4 is 0 Å². The molecule has 0 spiro atoms. The van der Waals surface area contributed by atoms with Gasteiger partial charge in [-0.25, -0.2) is 0 Å². The first-order valence-corrected chi connectivity index (χ1v) is 5.65. The molecular formula is C14H20O. The number of benzene rings is 1. The van der Waals surface area contributed by atoms with Crippen molar-refractivity contribution in [1.82, 2.24) is 0 Å². The standard InChI is InChI=1S/C14H20O/c1-11(2)7-13-5-4-6-14(9-13)8-12(3)10-15/h4-6,9-12H,7-8H2,1-3H3. The van der Waals surface area contributed by atoms with Gasteiger partial charge in [0.25, 0.3) is 0 Å². The Morgan fingerprint density at radius 1 is 1.13 bits per heavy atom. The summed E-state index contributed by atoms with van der Waals surface area (Å²) in [4.78, 5) is 10.6. The minimum Gasteiger partial charge on any atom is -0.303 e. The lowest BCUT2D eigenvalue weighted by Crippen LogP contribution is -2.01. The van der Waals surface area contributed by atoms with Gasteiger partial charge in [0.1, 0.15) is 6.29 Å². The smallest absolute Gasteiger partial charge is 0.123 e. The van der Waals surface area contributed by atoms with Gasteiger partial charge in [-0.3, -0.25) is 0 Å². The maximum atomic E-state index is 10.6. The summed E-state index contributed by atoms with van der Waals surface area (Å²) in [5.74, 6) is 0.808. The molecule has 15 heavy (non-hydrogen) atoms. The van der Waals surface area contributed by atoms with Crippen LogP contribution >= 0.6 is 0 Å². The quantitative estimate of drug-likeness (QED) is 0.673. The first-order chi connectivity index (χ1) is 7.11. The second-order valence-corrected chi connectivity index (χ2v) is 4.74. The lowest BCUT2D eigenvalue weighted by atomic mass is 9.97. The molecule has 0 aliphatic rings. The van der Waals surface area contributed by atoms with Crippen molar-refractivity contribution < 1.29 is 4.79 Å². The lowest BCUT2D eigenvalue weighted by molar-refractivity contribution is -0.110. The monoisotopic (exact) mass is 204 g/mol. The minimum atomic E-state index is 0.124. The molecule has 0 saturated heterocycles. The average molecular weight is 204 g/mol. The zero-order valence-electron chi connectivity index (χ0n) is 9.86. The van der Waals surface area contributed by atoms with Crippen molar-refractivity contribution in [2.45, 2.75) is 33.6 Å². The number of hydrogen-bond donors (Lipinski definition) is 0. The highest BCUT2D eigenvalue weighted by molar-refractivity contribution is 5.53. The normalized spacial score (nSPS) is 12.8. The van der Waals surface area contributed by atoms with Crippen molar-refractivity contribution in [2.75, 3.05) is 0 Å². The number of carbonyl (C=O) groups is 1. The Labute approximate surface area is 92.5 Å². The molecule has 82 valence electrons. The molecule has 1 atom stereocenters. The van der Waals surface area contributed by atoms with Crippen LogP contribution in [0.5, 0.6) is 0 Å². The van der Waals surface area contributed by atoms with Crippen LogP contribution in [0, 0.1) is 11.8 Å². The first-order valence-electron chi connectivity index (χ1n) is 5.65. The van der Waals surface area contributed by atoms with Gasteiger partial charge in [0.15, 0.2) is 0 Å². The third-order valence-corrected chi connectivity index (χ3v) is 2.43. The molecule has 1 heteroatoms. The molecule has 1 aromatic rings. The summed E-state index contributed by atoms with van der Waals surface area (Å²) in [6, 6.07) is 8.57. The number of rotatable bonds is 5. The van der Waals surface area contributed by atoms with Crippen molar-refractivity contribution in [2.24, 2.45) is 11.8 Å². The molecule has 1 nitrogen and oxygen atoms in total. The van der Waals surface area contributed by atoms with E-state index in [1.807, 2.05) is 6.92 Å². The molecule has 0 aromatic heterocycles. The Morgan fingerprint density at radius 3 is 2.27 bits per heavy atom. The van der Waals surface area contributed by atoms with E-state index < -0.39 is 0 Å². The van der Waals surface area contributed by atoms with E-state index in [1.54, 1.807) is 0 Å². The predicted molar refractivity (Wildman–Crippen MR) is 63.9 cm³/mol. The second kappa shape index (κ2) is 5.69. The maximum absolute atomic E-state index is 10.6. The third-order valence-electron chi connectivity index (χ3n) is 2.43. The van der Waals surface area contributed by atoms with Crippen molar-refractivity contribution in [3.05, 3.63) is 35.4 Å². The van der Waals surface area contributed by atoms with E-state index in [9.17, 15) is 4.79 Å². The van der Waals surface area contributed by atoms with Gasteiger partial charge in [0, 0.05) is 5.92 Å². The van der Waals surface area contributed by atoms with Gasteiger partial charge in [-0.05, 0) is 29.9 Å². The van der Waals surface area contributed by atoms with Gasteiger partial charge in [-0.1, -0.05) is 45.0 Å². The van der Waals surface area contributed by atoms with E-state index in [-0.39, 0.29) is 5.92 Å². The molecule has 0 bridgehead atoms. The van der Waals surface area contributed by atoms with Crippen LogP contribution in [0.4, 0.5) is 0 Å². The maximum Gasteiger partial charge on any atom is 0.123 e. The number of hydrogen-bond acceptors (Lipinski definition) is 1. The summed E-state index contributed by atoms with van der Waals surface area (Å²) in [6.45, 7) is 6.41. The summed E-state index contributed by atoms with van der Waals surface area (Å²) in [6.07, 6.45) is 2.99. The van der Waals surface area contributed by atoms with E-state index in [0.717, 1.165) is 19.1 Å². The SMILES string of the molecule is CC(C)Cc1cccc(CC(C)C=O)c1. The highest BCUT2D eigenvalue weighted by Crippen LogP contribution is 2.13. The molecule has 1 rings (SSSR count). The van der Waals surface area contributed by atoms with Crippen LogP contribution in [0.1, 0.15) is 31.9 Å². The van der Waals surface area contributed by atoms with E-state index in [4.69, 9.17) is 0 Å². The van der Waals surface area contributed by atoms with E-state index in [2.05, 4.69) is 38.1 Å². The summed E-state index contributed by atoms with van der Waals surface area (Å²) in [5.41, 5.74) is 2.65. The zero-order chi connectivity index (χ0) is 11.3. The van der Waals surface area contributed by atoms with Gasteiger partial charge in [-0.15, -0.1) is 0 Å².